The molecule has 1 aromatic heterocycles. The maximum Gasteiger partial charge on any atom is 0.408 e. The van der Waals surface area contributed by atoms with E-state index in [1.165, 1.54) is 11.3 Å². The molecule has 5 unspecified atom stereocenters. The molecule has 2 aliphatic carbocycles. The van der Waals surface area contributed by atoms with Gasteiger partial charge < -0.3 is 20.5 Å². The number of aromatic amines is 1. The maximum atomic E-state index is 14.1. The van der Waals surface area contributed by atoms with Crippen molar-refractivity contribution in [2.24, 2.45) is 11.8 Å². The van der Waals surface area contributed by atoms with Crippen LogP contribution in [0.15, 0.2) is 54.6 Å². The lowest BCUT2D eigenvalue weighted by atomic mass is 9.68. The first-order chi connectivity index (χ1) is 18.4. The molecule has 2 saturated carbocycles. The molecular formula is C30H38N4O4. The Balaban J connectivity index is 1.48. The van der Waals surface area contributed by atoms with Crippen LogP contribution >= 0.6 is 0 Å². The van der Waals surface area contributed by atoms with Crippen LogP contribution < -0.4 is 5.32 Å². The Morgan fingerprint density at radius 1 is 1.11 bits per heavy atom. The molecule has 0 aliphatic heterocycles. The molecular weight excluding hydrogens is 480 g/mol. The summed E-state index contributed by atoms with van der Waals surface area (Å²) >= 11 is 0. The van der Waals surface area contributed by atoms with Crippen molar-refractivity contribution in [1.82, 2.24) is 20.2 Å². The van der Waals surface area contributed by atoms with Gasteiger partial charge in [0.2, 0.25) is 5.91 Å². The monoisotopic (exact) mass is 518 g/mol. The molecule has 1 heterocycles. The van der Waals surface area contributed by atoms with Crippen LogP contribution in [0.5, 0.6) is 0 Å². The average molecular weight is 519 g/mol. The predicted molar refractivity (Wildman–Crippen MR) is 146 cm³/mol. The summed E-state index contributed by atoms with van der Waals surface area (Å²) in [4.78, 5) is 36.5. The summed E-state index contributed by atoms with van der Waals surface area (Å²) in [7, 11) is 0. The summed E-state index contributed by atoms with van der Waals surface area (Å²) in [6, 6.07) is 16.5. The van der Waals surface area contributed by atoms with Crippen LogP contribution in [0.2, 0.25) is 0 Å². The summed E-state index contributed by atoms with van der Waals surface area (Å²) in [5.74, 6) is 1.06. The summed E-state index contributed by atoms with van der Waals surface area (Å²) in [5.41, 5.74) is 1.19. The predicted octanol–water partition coefficient (Wildman–Crippen LogP) is 4.53. The SMILES string of the molecule is CC(Cc1nc2ccccc2[nH]1)(C(=O)NC(CO)Cc1ccccc1)N(C(=O)O)C1CCC2CCCC1C2. The van der Waals surface area contributed by atoms with Gasteiger partial charge in [0.05, 0.1) is 23.7 Å². The van der Waals surface area contributed by atoms with Gasteiger partial charge >= 0.3 is 6.09 Å². The van der Waals surface area contributed by atoms with Crippen molar-refractivity contribution in [2.45, 2.75) is 75.9 Å². The quantitative estimate of drug-likeness (QED) is 0.332. The Bertz CT molecular complexity index is 1230. The van der Waals surface area contributed by atoms with Crippen LogP contribution in [0.3, 0.4) is 0 Å². The zero-order valence-corrected chi connectivity index (χ0v) is 22.0. The van der Waals surface area contributed by atoms with E-state index in [2.05, 4.69) is 10.3 Å². The number of aliphatic hydroxyl groups excluding tert-OH is 1. The van der Waals surface area contributed by atoms with Crippen molar-refractivity contribution in [3.05, 3.63) is 66.0 Å². The minimum absolute atomic E-state index is 0.107. The van der Waals surface area contributed by atoms with Crippen LogP contribution in [-0.4, -0.2) is 61.3 Å². The van der Waals surface area contributed by atoms with Crippen molar-refractivity contribution in [3.8, 4) is 0 Å². The molecule has 0 saturated heterocycles. The highest BCUT2D eigenvalue weighted by Gasteiger charge is 2.50. The Kier molecular flexibility index (Phi) is 7.70. The fraction of sp³-hybridized carbons (Fsp3) is 0.500. The van der Waals surface area contributed by atoms with Crippen molar-refractivity contribution in [2.75, 3.05) is 6.61 Å². The van der Waals surface area contributed by atoms with Gasteiger partial charge in [0, 0.05) is 12.5 Å². The van der Waals surface area contributed by atoms with Gasteiger partial charge in [0.1, 0.15) is 11.4 Å². The molecule has 5 atom stereocenters. The van der Waals surface area contributed by atoms with E-state index in [1.807, 2.05) is 54.6 Å². The van der Waals surface area contributed by atoms with Crippen LogP contribution in [0.25, 0.3) is 11.0 Å². The number of aliphatic hydroxyl groups is 1. The van der Waals surface area contributed by atoms with E-state index in [0.717, 1.165) is 48.7 Å². The maximum absolute atomic E-state index is 14.1. The van der Waals surface area contributed by atoms with E-state index in [9.17, 15) is 19.8 Å². The largest absolute Gasteiger partial charge is 0.465 e. The minimum Gasteiger partial charge on any atom is -0.465 e. The number of carboxylic acid groups (broad SMARTS) is 1. The number of carbonyl (C=O) groups excluding carboxylic acids is 1. The number of carbonyl (C=O) groups is 2. The molecule has 2 aliphatic rings. The summed E-state index contributed by atoms with van der Waals surface area (Å²) in [6.07, 6.45) is 5.54. The third kappa shape index (κ3) is 5.41. The third-order valence-electron chi connectivity index (χ3n) is 8.63. The molecule has 2 bridgehead atoms. The normalized spacial score (nSPS) is 23.4. The number of hydrogen-bond donors (Lipinski definition) is 4. The minimum atomic E-state index is -1.42. The summed E-state index contributed by atoms with van der Waals surface area (Å²) < 4.78 is 0. The zero-order valence-electron chi connectivity index (χ0n) is 22.0. The first-order valence-electron chi connectivity index (χ1n) is 13.8. The van der Waals surface area contributed by atoms with Gasteiger partial charge in [-0.1, -0.05) is 55.3 Å². The van der Waals surface area contributed by atoms with Crippen molar-refractivity contribution >= 4 is 23.0 Å². The lowest BCUT2D eigenvalue weighted by molar-refractivity contribution is -0.136. The highest BCUT2D eigenvalue weighted by atomic mass is 16.4. The number of fused-ring (bicyclic) bond motifs is 3. The van der Waals surface area contributed by atoms with Gasteiger partial charge in [0.25, 0.3) is 0 Å². The van der Waals surface area contributed by atoms with Crippen LogP contribution in [0, 0.1) is 11.8 Å². The van der Waals surface area contributed by atoms with Crippen molar-refractivity contribution in [3.63, 3.8) is 0 Å². The van der Waals surface area contributed by atoms with Crippen LogP contribution in [-0.2, 0) is 17.6 Å². The standard InChI is InChI=1S/C30H38N4O4/c1-30(18-27-32-24-12-5-6-13-25(24)33-27,28(36)31-23(19-35)17-20-8-3-2-4-9-20)34(29(37)38)26-15-14-21-10-7-11-22(26)16-21/h2-6,8-9,12-13,21-23,26,35H,7,10-11,14-19H2,1H3,(H,31,36)(H,32,33)(H,37,38). The lowest BCUT2D eigenvalue weighted by Gasteiger charge is -2.50. The summed E-state index contributed by atoms with van der Waals surface area (Å²) in [5, 5.41) is 23.8. The number of imidazole rings is 1. The van der Waals surface area contributed by atoms with E-state index in [0.29, 0.717) is 18.2 Å². The van der Waals surface area contributed by atoms with Gasteiger partial charge in [-0.05, 0) is 68.6 Å². The second kappa shape index (κ2) is 11.2. The second-order valence-corrected chi connectivity index (χ2v) is 11.3. The Hall–Kier alpha value is -3.39. The molecule has 2 aromatic carbocycles. The van der Waals surface area contributed by atoms with E-state index < -0.39 is 23.6 Å². The highest BCUT2D eigenvalue weighted by Crippen LogP contribution is 2.44. The van der Waals surface area contributed by atoms with Crippen molar-refractivity contribution < 1.29 is 19.8 Å². The average Bonchev–Trinajstić information content (AvgIpc) is 3.32. The molecule has 202 valence electrons. The Morgan fingerprint density at radius 3 is 2.61 bits per heavy atom. The second-order valence-electron chi connectivity index (χ2n) is 11.3. The molecule has 0 radical (unpaired) electrons. The zero-order chi connectivity index (χ0) is 26.7. The number of rotatable bonds is 9. The first-order valence-corrected chi connectivity index (χ1v) is 13.8. The molecule has 38 heavy (non-hydrogen) atoms. The molecule has 4 N–H and O–H groups in total. The number of amides is 2. The number of nitrogens with zero attached hydrogens (tertiary/aromatic N) is 2. The number of H-pyrrole nitrogens is 1. The van der Waals surface area contributed by atoms with Crippen LogP contribution in [0.1, 0.15) is 56.8 Å². The van der Waals surface area contributed by atoms with Crippen molar-refractivity contribution in [1.29, 1.82) is 0 Å². The fourth-order valence-electron chi connectivity index (χ4n) is 6.74. The topological polar surface area (TPSA) is 119 Å². The van der Waals surface area contributed by atoms with Gasteiger partial charge in [-0.15, -0.1) is 0 Å². The number of nitrogens with one attached hydrogen (secondary N) is 2. The molecule has 3 aromatic rings. The molecule has 8 nitrogen and oxygen atoms in total. The van der Waals surface area contributed by atoms with Crippen LogP contribution in [0.4, 0.5) is 4.79 Å². The number of para-hydroxylation sites is 2. The van der Waals surface area contributed by atoms with E-state index in [4.69, 9.17) is 4.98 Å². The molecule has 5 rings (SSSR count). The Morgan fingerprint density at radius 2 is 1.87 bits per heavy atom. The van der Waals surface area contributed by atoms with E-state index in [-0.39, 0.29) is 25.0 Å². The van der Waals surface area contributed by atoms with E-state index in [1.54, 1.807) is 6.92 Å². The van der Waals surface area contributed by atoms with Gasteiger partial charge in [0.15, 0.2) is 0 Å². The van der Waals surface area contributed by atoms with E-state index >= 15 is 0 Å². The lowest BCUT2D eigenvalue weighted by Crippen LogP contribution is -2.66. The highest BCUT2D eigenvalue weighted by molar-refractivity contribution is 5.90. The van der Waals surface area contributed by atoms with Gasteiger partial charge in [-0.3, -0.25) is 9.69 Å². The molecule has 0 spiro atoms. The fourth-order valence-corrected chi connectivity index (χ4v) is 6.74. The first kappa shape index (κ1) is 26.2. The van der Waals surface area contributed by atoms with Gasteiger partial charge in [-0.25, -0.2) is 9.78 Å². The molecule has 2 amide bonds. The molecule has 8 heteroatoms. The molecule has 2 fully saturated rings. The number of aromatic nitrogens is 2. The smallest absolute Gasteiger partial charge is 0.408 e. The third-order valence-corrected chi connectivity index (χ3v) is 8.63. The number of hydrogen-bond acceptors (Lipinski definition) is 4. The Labute approximate surface area is 223 Å². The number of benzene rings is 2. The van der Waals surface area contributed by atoms with Gasteiger partial charge in [-0.2, -0.15) is 0 Å². The summed E-state index contributed by atoms with van der Waals surface area (Å²) in [6.45, 7) is 1.47.